The van der Waals surface area contributed by atoms with Gasteiger partial charge in [-0.1, -0.05) is 11.6 Å². The van der Waals surface area contributed by atoms with Gasteiger partial charge in [0, 0.05) is 10.6 Å². The Morgan fingerprint density at radius 1 is 1.06 bits per heavy atom. The van der Waals surface area contributed by atoms with Crippen molar-refractivity contribution < 1.29 is 9.73 Å². The molecule has 0 aliphatic rings. The van der Waals surface area contributed by atoms with E-state index in [1.807, 2.05) is 36.4 Å². The maximum Gasteiger partial charge on any atom is 0.158 e. The van der Waals surface area contributed by atoms with Crippen molar-refractivity contribution in [3.8, 4) is 11.3 Å². The predicted molar refractivity (Wildman–Crippen MR) is 74.5 cm³/mol. The minimum Gasteiger partial charge on any atom is -0.455 e. The van der Waals surface area contributed by atoms with E-state index in [0.29, 0.717) is 0 Å². The molecule has 2 nitrogen and oxygen atoms in total. The summed E-state index contributed by atoms with van der Waals surface area (Å²) in [4.78, 5) is 0. The van der Waals surface area contributed by atoms with Crippen LogP contribution in [0.1, 0.15) is 26.5 Å². The summed E-state index contributed by atoms with van der Waals surface area (Å²) >= 11 is 5.87. The van der Waals surface area contributed by atoms with Crippen LogP contribution in [0.4, 0.5) is 0 Å². The molecule has 0 amide bonds. The zero-order valence-electron chi connectivity index (χ0n) is 11.0. The lowest BCUT2D eigenvalue weighted by atomic mass is 10.1. The molecule has 1 aromatic heterocycles. The van der Waals surface area contributed by atoms with Gasteiger partial charge in [0.1, 0.15) is 12.3 Å². The Labute approximate surface area is 113 Å². The summed E-state index contributed by atoms with van der Waals surface area (Å²) < 4.78 is 5.83. The maximum absolute atomic E-state index is 5.87. The molecule has 0 saturated carbocycles. The summed E-state index contributed by atoms with van der Waals surface area (Å²) in [5, 5.41) is 3.00. The van der Waals surface area contributed by atoms with Crippen LogP contribution >= 0.6 is 11.6 Å². The van der Waals surface area contributed by atoms with Crippen molar-refractivity contribution in [1.29, 1.82) is 0 Å². The third-order valence-electron chi connectivity index (χ3n) is 2.71. The van der Waals surface area contributed by atoms with Crippen molar-refractivity contribution >= 4 is 11.6 Å². The van der Waals surface area contributed by atoms with Crippen LogP contribution in [-0.4, -0.2) is 5.54 Å². The second-order valence-corrected chi connectivity index (χ2v) is 5.98. The van der Waals surface area contributed by atoms with Gasteiger partial charge in [-0.15, -0.1) is 0 Å². The Balaban J connectivity index is 2.08. The average Bonchev–Trinajstić information content (AvgIpc) is 2.75. The van der Waals surface area contributed by atoms with Gasteiger partial charge in [-0.2, -0.15) is 0 Å². The lowest BCUT2D eigenvalue weighted by Crippen LogP contribution is -2.92. The number of nitrogens with two attached hydrogens (primary N) is 1. The molecule has 2 N–H and O–H groups in total. The Bertz CT molecular complexity index is 508. The van der Waals surface area contributed by atoms with Crippen LogP contribution < -0.4 is 5.32 Å². The summed E-state index contributed by atoms with van der Waals surface area (Å²) in [5.41, 5.74) is 1.27. The summed E-state index contributed by atoms with van der Waals surface area (Å²) in [5.74, 6) is 1.89. The SMILES string of the molecule is CC(C)(C)[NH2+]Cc1ccc(-c2ccc(Cl)cc2)o1. The third kappa shape index (κ3) is 3.62. The number of halogens is 1. The molecule has 0 atom stereocenters. The topological polar surface area (TPSA) is 29.8 Å². The van der Waals surface area contributed by atoms with E-state index in [1.165, 1.54) is 0 Å². The average molecular weight is 265 g/mol. The molecule has 0 bridgehead atoms. The van der Waals surface area contributed by atoms with E-state index in [0.717, 1.165) is 28.7 Å². The minimum absolute atomic E-state index is 0.216. The van der Waals surface area contributed by atoms with Crippen LogP contribution in [0.5, 0.6) is 0 Å². The molecule has 1 aromatic carbocycles. The second kappa shape index (κ2) is 5.17. The highest BCUT2D eigenvalue weighted by molar-refractivity contribution is 6.30. The van der Waals surface area contributed by atoms with Crippen molar-refractivity contribution in [2.45, 2.75) is 32.9 Å². The van der Waals surface area contributed by atoms with Crippen molar-refractivity contribution in [1.82, 2.24) is 0 Å². The van der Waals surface area contributed by atoms with E-state index in [2.05, 4.69) is 26.1 Å². The van der Waals surface area contributed by atoms with Crippen LogP contribution in [0.25, 0.3) is 11.3 Å². The van der Waals surface area contributed by atoms with Crippen LogP contribution in [0, 0.1) is 0 Å². The Kier molecular flexibility index (Phi) is 3.79. The quantitative estimate of drug-likeness (QED) is 0.904. The van der Waals surface area contributed by atoms with Crippen LogP contribution in [0.3, 0.4) is 0 Å². The highest BCUT2D eigenvalue weighted by Crippen LogP contribution is 2.23. The third-order valence-corrected chi connectivity index (χ3v) is 2.96. The molecule has 2 aromatic rings. The minimum atomic E-state index is 0.216. The first-order valence-corrected chi connectivity index (χ1v) is 6.51. The molecule has 1 heterocycles. The zero-order valence-corrected chi connectivity index (χ0v) is 11.8. The molecule has 0 aliphatic carbocycles. The number of rotatable bonds is 3. The van der Waals surface area contributed by atoms with Crippen molar-refractivity contribution in [2.24, 2.45) is 0 Å². The highest BCUT2D eigenvalue weighted by atomic mass is 35.5. The fourth-order valence-electron chi connectivity index (χ4n) is 1.66. The van der Waals surface area contributed by atoms with Crippen molar-refractivity contribution in [3.05, 3.63) is 47.2 Å². The lowest BCUT2D eigenvalue weighted by Gasteiger charge is -2.15. The first-order chi connectivity index (χ1) is 8.44. The number of furan rings is 1. The van der Waals surface area contributed by atoms with Gasteiger partial charge < -0.3 is 9.73 Å². The molecule has 18 heavy (non-hydrogen) atoms. The van der Waals surface area contributed by atoms with E-state index >= 15 is 0 Å². The summed E-state index contributed by atoms with van der Waals surface area (Å²) in [7, 11) is 0. The standard InChI is InChI=1S/C15H18ClNO/c1-15(2,3)17-10-13-8-9-14(18-13)11-4-6-12(16)7-5-11/h4-9,17H,10H2,1-3H3/p+1. The van der Waals surface area contributed by atoms with Crippen molar-refractivity contribution in [2.75, 3.05) is 0 Å². The predicted octanol–water partition coefficient (Wildman–Crippen LogP) is 3.46. The molecule has 96 valence electrons. The molecule has 0 radical (unpaired) electrons. The molecule has 2 rings (SSSR count). The molecule has 0 spiro atoms. The van der Waals surface area contributed by atoms with Crippen molar-refractivity contribution in [3.63, 3.8) is 0 Å². The van der Waals surface area contributed by atoms with E-state index in [-0.39, 0.29) is 5.54 Å². The van der Waals surface area contributed by atoms with Crippen LogP contribution in [0.2, 0.25) is 5.02 Å². The number of benzene rings is 1. The Hall–Kier alpha value is -1.25. The van der Waals surface area contributed by atoms with Gasteiger partial charge in [-0.25, -0.2) is 0 Å². The first-order valence-electron chi connectivity index (χ1n) is 6.13. The van der Waals surface area contributed by atoms with Gasteiger partial charge in [0.05, 0.1) is 5.54 Å². The molecule has 0 unspecified atom stereocenters. The van der Waals surface area contributed by atoms with Gasteiger partial charge in [-0.3, -0.25) is 0 Å². The smallest absolute Gasteiger partial charge is 0.158 e. The van der Waals surface area contributed by atoms with Crippen LogP contribution in [0.15, 0.2) is 40.8 Å². The van der Waals surface area contributed by atoms with Gasteiger partial charge in [0.25, 0.3) is 0 Å². The highest BCUT2D eigenvalue weighted by Gasteiger charge is 2.14. The molecule has 0 fully saturated rings. The van der Waals surface area contributed by atoms with Gasteiger partial charge in [0.15, 0.2) is 5.76 Å². The lowest BCUT2D eigenvalue weighted by molar-refractivity contribution is -0.732. The van der Waals surface area contributed by atoms with Crippen LogP contribution in [-0.2, 0) is 6.54 Å². The van der Waals surface area contributed by atoms with E-state index in [9.17, 15) is 0 Å². The number of hydrogen-bond acceptors (Lipinski definition) is 1. The molecule has 0 saturated heterocycles. The summed E-state index contributed by atoms with van der Waals surface area (Å²) in [6.07, 6.45) is 0. The van der Waals surface area contributed by atoms with E-state index in [1.54, 1.807) is 0 Å². The maximum atomic E-state index is 5.87. The molecular weight excluding hydrogens is 246 g/mol. The normalized spacial score (nSPS) is 11.8. The number of quaternary nitrogens is 1. The second-order valence-electron chi connectivity index (χ2n) is 5.55. The summed E-state index contributed by atoms with van der Waals surface area (Å²) in [6, 6.07) is 11.7. The summed E-state index contributed by atoms with van der Waals surface area (Å²) in [6.45, 7) is 7.43. The van der Waals surface area contributed by atoms with E-state index < -0.39 is 0 Å². The molecular formula is C15H19ClNO+. The van der Waals surface area contributed by atoms with Gasteiger partial charge in [0.2, 0.25) is 0 Å². The Morgan fingerprint density at radius 3 is 2.33 bits per heavy atom. The molecule has 0 aliphatic heterocycles. The van der Waals surface area contributed by atoms with Gasteiger partial charge >= 0.3 is 0 Å². The fourth-order valence-corrected chi connectivity index (χ4v) is 1.79. The first kappa shape index (κ1) is 13.2. The monoisotopic (exact) mass is 264 g/mol. The van der Waals surface area contributed by atoms with Gasteiger partial charge in [-0.05, 0) is 57.2 Å². The fraction of sp³-hybridized carbons (Fsp3) is 0.333. The van der Waals surface area contributed by atoms with E-state index in [4.69, 9.17) is 16.0 Å². The number of hydrogen-bond donors (Lipinski definition) is 1. The molecule has 3 heteroatoms. The largest absolute Gasteiger partial charge is 0.455 e. The zero-order chi connectivity index (χ0) is 13.2. The Morgan fingerprint density at radius 2 is 1.72 bits per heavy atom.